The van der Waals surface area contributed by atoms with E-state index in [4.69, 9.17) is 4.74 Å². The highest BCUT2D eigenvalue weighted by Crippen LogP contribution is 2.49. The average Bonchev–Trinajstić information content (AvgIpc) is 3.18. The molecule has 0 aromatic carbocycles. The van der Waals surface area contributed by atoms with Crippen LogP contribution >= 0.6 is 0 Å². The summed E-state index contributed by atoms with van der Waals surface area (Å²) in [5.74, 6) is -2.80. The first-order chi connectivity index (χ1) is 10.0. The molecule has 1 saturated carbocycles. The third-order valence-corrected chi connectivity index (χ3v) is 5.04. The van der Waals surface area contributed by atoms with Gasteiger partial charge in [-0.3, -0.25) is 9.59 Å². The van der Waals surface area contributed by atoms with Crippen LogP contribution in [0, 0.1) is 23.7 Å². The molecule has 21 heavy (non-hydrogen) atoms. The van der Waals surface area contributed by atoms with Gasteiger partial charge < -0.3 is 14.7 Å². The van der Waals surface area contributed by atoms with E-state index < -0.39 is 29.8 Å². The Morgan fingerprint density at radius 3 is 2.48 bits per heavy atom. The molecule has 3 unspecified atom stereocenters. The number of nitrogens with zero attached hydrogens (tertiary/aromatic N) is 1. The fourth-order valence-electron chi connectivity index (χ4n) is 4.10. The first-order valence-corrected chi connectivity index (χ1v) is 7.34. The molecule has 5 atom stereocenters. The Hall–Kier alpha value is -1.85. The molecule has 114 valence electrons. The summed E-state index contributed by atoms with van der Waals surface area (Å²) in [7, 11) is 1.31. The number of esters is 1. The first kappa shape index (κ1) is 14.1. The van der Waals surface area contributed by atoms with Crippen LogP contribution in [0.4, 0.5) is 0 Å². The van der Waals surface area contributed by atoms with E-state index in [9.17, 15) is 19.5 Å². The van der Waals surface area contributed by atoms with Gasteiger partial charge in [0.15, 0.2) is 0 Å². The Kier molecular flexibility index (Phi) is 3.47. The second-order valence-corrected chi connectivity index (χ2v) is 6.05. The van der Waals surface area contributed by atoms with E-state index in [1.165, 1.54) is 12.0 Å². The summed E-state index contributed by atoms with van der Waals surface area (Å²) in [6, 6.07) is -0.556. The van der Waals surface area contributed by atoms with Gasteiger partial charge >= 0.3 is 11.9 Å². The van der Waals surface area contributed by atoms with E-state index in [2.05, 4.69) is 0 Å². The number of hydrogen-bond acceptors (Lipinski definition) is 4. The van der Waals surface area contributed by atoms with Gasteiger partial charge in [0.25, 0.3) is 0 Å². The summed E-state index contributed by atoms with van der Waals surface area (Å²) < 4.78 is 4.75. The van der Waals surface area contributed by atoms with Crippen molar-refractivity contribution >= 4 is 17.8 Å². The lowest BCUT2D eigenvalue weighted by atomic mass is 9.82. The molecule has 1 saturated heterocycles. The van der Waals surface area contributed by atoms with E-state index in [-0.39, 0.29) is 17.7 Å². The summed E-state index contributed by atoms with van der Waals surface area (Å²) in [5.41, 5.74) is 0. The highest BCUT2D eigenvalue weighted by molar-refractivity contribution is 5.90. The molecule has 0 radical (unpaired) electrons. The lowest BCUT2D eigenvalue weighted by molar-refractivity contribution is -0.156. The zero-order chi connectivity index (χ0) is 15.1. The monoisotopic (exact) mass is 293 g/mol. The van der Waals surface area contributed by atoms with Crippen LogP contribution in [0.3, 0.4) is 0 Å². The van der Waals surface area contributed by atoms with Gasteiger partial charge in [0.2, 0.25) is 5.91 Å². The predicted octanol–water partition coefficient (Wildman–Crippen LogP) is 0.673. The number of amides is 1. The molecule has 0 spiro atoms. The molecule has 1 amide bonds. The quantitative estimate of drug-likeness (QED) is 0.611. The van der Waals surface area contributed by atoms with Crippen molar-refractivity contribution < 1.29 is 24.2 Å². The average molecular weight is 293 g/mol. The van der Waals surface area contributed by atoms with Crippen molar-refractivity contribution in [3.63, 3.8) is 0 Å². The maximum atomic E-state index is 12.8. The number of carbonyl (C=O) groups is 3. The summed E-state index contributed by atoms with van der Waals surface area (Å²) in [6.45, 7) is 0.503. The Balaban J connectivity index is 1.83. The molecular formula is C15H19NO5. The minimum Gasteiger partial charge on any atom is -0.481 e. The van der Waals surface area contributed by atoms with Crippen LogP contribution in [0.15, 0.2) is 12.2 Å². The number of allylic oxidation sites excluding steroid dienone is 2. The van der Waals surface area contributed by atoms with Crippen LogP contribution < -0.4 is 0 Å². The van der Waals surface area contributed by atoms with Gasteiger partial charge in [-0.2, -0.15) is 0 Å². The molecule has 3 rings (SSSR count). The minimum absolute atomic E-state index is 0.0116. The third-order valence-electron chi connectivity index (χ3n) is 5.04. The highest BCUT2D eigenvalue weighted by Gasteiger charge is 2.54. The fourth-order valence-corrected chi connectivity index (χ4v) is 4.10. The van der Waals surface area contributed by atoms with Gasteiger partial charge in [0, 0.05) is 6.54 Å². The zero-order valence-corrected chi connectivity index (χ0v) is 11.9. The molecular weight excluding hydrogens is 274 g/mol. The molecule has 2 aliphatic carbocycles. The van der Waals surface area contributed by atoms with Crippen LogP contribution in [0.1, 0.15) is 19.3 Å². The molecule has 1 aliphatic heterocycles. The number of aliphatic carboxylic acids is 1. The van der Waals surface area contributed by atoms with Crippen LogP contribution in [0.2, 0.25) is 0 Å². The lowest BCUT2D eigenvalue weighted by Gasteiger charge is -2.30. The van der Waals surface area contributed by atoms with E-state index in [0.717, 1.165) is 12.8 Å². The Morgan fingerprint density at radius 2 is 1.86 bits per heavy atom. The van der Waals surface area contributed by atoms with Crippen molar-refractivity contribution in [3.05, 3.63) is 12.2 Å². The highest BCUT2D eigenvalue weighted by atomic mass is 16.5. The maximum absolute atomic E-state index is 12.8. The van der Waals surface area contributed by atoms with Crippen molar-refractivity contribution in [3.8, 4) is 0 Å². The normalized spacial score (nSPS) is 37.0. The van der Waals surface area contributed by atoms with Crippen molar-refractivity contribution in [2.75, 3.05) is 13.7 Å². The van der Waals surface area contributed by atoms with Crippen LogP contribution in [0.5, 0.6) is 0 Å². The van der Waals surface area contributed by atoms with Gasteiger partial charge in [-0.15, -0.1) is 0 Å². The largest absolute Gasteiger partial charge is 0.481 e. The van der Waals surface area contributed by atoms with E-state index in [0.29, 0.717) is 13.0 Å². The number of hydrogen-bond donors (Lipinski definition) is 1. The van der Waals surface area contributed by atoms with E-state index >= 15 is 0 Å². The number of carboxylic acids is 1. The lowest BCUT2D eigenvalue weighted by Crippen LogP contribution is -2.47. The third kappa shape index (κ3) is 2.13. The number of likely N-dealkylation sites (tertiary alicyclic amines) is 1. The van der Waals surface area contributed by atoms with Gasteiger partial charge in [0.05, 0.1) is 18.9 Å². The van der Waals surface area contributed by atoms with Crippen LogP contribution in [-0.2, 0) is 19.1 Å². The summed E-state index contributed by atoms with van der Waals surface area (Å²) in [6.07, 6.45) is 5.93. The molecule has 1 heterocycles. The molecule has 0 aromatic rings. The zero-order valence-electron chi connectivity index (χ0n) is 11.9. The van der Waals surface area contributed by atoms with E-state index in [1.807, 2.05) is 12.2 Å². The number of carboxylic acid groups (broad SMARTS) is 1. The van der Waals surface area contributed by atoms with E-state index in [1.54, 1.807) is 0 Å². The molecule has 0 aromatic heterocycles. The van der Waals surface area contributed by atoms with Crippen molar-refractivity contribution in [2.45, 2.75) is 25.3 Å². The number of ether oxygens (including phenoxy) is 1. The summed E-state index contributed by atoms with van der Waals surface area (Å²) in [4.78, 5) is 37.6. The standard InChI is InChI=1S/C15H19NO5/c1-21-15(20)10-3-2-6-16(10)13(17)11-8-4-5-9(7-8)12(11)14(18)19/h4-5,8-12H,2-3,6-7H2,1H3,(H,18,19)/t8?,9?,10?,11-,12+/m0/s1. The minimum atomic E-state index is -0.918. The van der Waals surface area contributed by atoms with Crippen LogP contribution in [-0.4, -0.2) is 47.5 Å². The number of methoxy groups -OCH3 is 1. The van der Waals surface area contributed by atoms with Gasteiger partial charge in [-0.05, 0) is 31.1 Å². The second kappa shape index (κ2) is 5.16. The Morgan fingerprint density at radius 1 is 1.19 bits per heavy atom. The SMILES string of the molecule is COC(=O)C1CCCN1C(=O)[C@H]1C2C=CC(C2)[C@H]1C(=O)O. The predicted molar refractivity (Wildman–Crippen MR) is 72.1 cm³/mol. The van der Waals surface area contributed by atoms with Gasteiger partial charge in [-0.25, -0.2) is 4.79 Å². The molecule has 6 heteroatoms. The smallest absolute Gasteiger partial charge is 0.328 e. The maximum Gasteiger partial charge on any atom is 0.328 e. The summed E-state index contributed by atoms with van der Waals surface area (Å²) in [5, 5.41) is 9.42. The second-order valence-electron chi connectivity index (χ2n) is 6.05. The van der Waals surface area contributed by atoms with Crippen molar-refractivity contribution in [1.82, 2.24) is 4.90 Å². The first-order valence-electron chi connectivity index (χ1n) is 7.34. The Bertz CT molecular complexity index is 514. The molecule has 2 fully saturated rings. The molecule has 2 bridgehead atoms. The molecule has 6 nitrogen and oxygen atoms in total. The fraction of sp³-hybridized carbons (Fsp3) is 0.667. The number of rotatable bonds is 3. The summed E-state index contributed by atoms with van der Waals surface area (Å²) >= 11 is 0. The number of carbonyl (C=O) groups excluding carboxylic acids is 2. The topological polar surface area (TPSA) is 83.9 Å². The number of fused-ring (bicyclic) bond motifs is 2. The van der Waals surface area contributed by atoms with Gasteiger partial charge in [-0.1, -0.05) is 12.2 Å². The Labute approximate surface area is 122 Å². The van der Waals surface area contributed by atoms with Crippen LogP contribution in [0.25, 0.3) is 0 Å². The van der Waals surface area contributed by atoms with Crippen molar-refractivity contribution in [2.24, 2.45) is 23.7 Å². The molecule has 3 aliphatic rings. The van der Waals surface area contributed by atoms with Gasteiger partial charge in [0.1, 0.15) is 6.04 Å². The van der Waals surface area contributed by atoms with Crippen molar-refractivity contribution in [1.29, 1.82) is 0 Å². The molecule has 1 N–H and O–H groups in total.